The lowest BCUT2D eigenvalue weighted by Gasteiger charge is -2.10. The number of para-hydroxylation sites is 2. The third-order valence-electron chi connectivity index (χ3n) is 2.25. The van der Waals surface area contributed by atoms with Crippen LogP contribution in [0.2, 0.25) is 0 Å². The first kappa shape index (κ1) is 11.4. The molecule has 2 aromatic rings. The summed E-state index contributed by atoms with van der Waals surface area (Å²) in [6.07, 6.45) is 0. The lowest BCUT2D eigenvalue weighted by Crippen LogP contribution is -1.95. The van der Waals surface area contributed by atoms with E-state index in [-0.39, 0.29) is 0 Å². The van der Waals surface area contributed by atoms with E-state index in [1.165, 1.54) is 19.2 Å². The zero-order chi connectivity index (χ0) is 12.3. The molecule has 0 aromatic heterocycles. The van der Waals surface area contributed by atoms with Crippen LogP contribution in [-0.2, 0) is 0 Å². The molecule has 0 aliphatic rings. The van der Waals surface area contributed by atoms with Crippen LogP contribution in [0.3, 0.4) is 0 Å². The molecule has 0 amide bonds. The SMILES string of the molecule is COc1ccccc1Nc1cc(F)cc(F)c1. The summed E-state index contributed by atoms with van der Waals surface area (Å²) in [5.41, 5.74) is 0.993. The Morgan fingerprint density at radius 1 is 1.00 bits per heavy atom. The van der Waals surface area contributed by atoms with Gasteiger partial charge in [0.15, 0.2) is 0 Å². The molecule has 2 nitrogen and oxygen atoms in total. The zero-order valence-corrected chi connectivity index (χ0v) is 9.21. The molecule has 88 valence electrons. The molecule has 0 spiro atoms. The molecule has 1 N–H and O–H groups in total. The molecule has 0 saturated carbocycles. The maximum absolute atomic E-state index is 13.0. The van der Waals surface area contributed by atoms with Gasteiger partial charge in [0.2, 0.25) is 0 Å². The van der Waals surface area contributed by atoms with Crippen molar-refractivity contribution in [2.45, 2.75) is 0 Å². The van der Waals surface area contributed by atoms with Crippen molar-refractivity contribution in [3.63, 3.8) is 0 Å². The number of hydrogen-bond acceptors (Lipinski definition) is 2. The van der Waals surface area contributed by atoms with Crippen LogP contribution in [0.4, 0.5) is 20.2 Å². The van der Waals surface area contributed by atoms with Crippen molar-refractivity contribution < 1.29 is 13.5 Å². The van der Waals surface area contributed by atoms with Gasteiger partial charge in [-0.2, -0.15) is 0 Å². The summed E-state index contributed by atoms with van der Waals surface area (Å²) in [7, 11) is 1.53. The second-order valence-corrected chi connectivity index (χ2v) is 3.48. The first-order valence-electron chi connectivity index (χ1n) is 5.05. The number of benzene rings is 2. The van der Waals surface area contributed by atoms with Crippen molar-refractivity contribution >= 4 is 11.4 Å². The topological polar surface area (TPSA) is 21.3 Å². The predicted molar refractivity (Wildman–Crippen MR) is 62.6 cm³/mol. The number of anilines is 2. The van der Waals surface area contributed by atoms with Gasteiger partial charge < -0.3 is 10.1 Å². The number of ether oxygens (including phenoxy) is 1. The maximum Gasteiger partial charge on any atom is 0.142 e. The molecule has 0 heterocycles. The summed E-state index contributed by atoms with van der Waals surface area (Å²) in [4.78, 5) is 0. The molecule has 2 rings (SSSR count). The Morgan fingerprint density at radius 2 is 1.65 bits per heavy atom. The minimum absolute atomic E-state index is 0.340. The van der Waals surface area contributed by atoms with Gasteiger partial charge in [0.05, 0.1) is 12.8 Å². The molecule has 0 aliphatic heterocycles. The van der Waals surface area contributed by atoms with Crippen molar-refractivity contribution in [1.82, 2.24) is 0 Å². The fourth-order valence-corrected chi connectivity index (χ4v) is 1.53. The monoisotopic (exact) mass is 235 g/mol. The third-order valence-corrected chi connectivity index (χ3v) is 2.25. The highest BCUT2D eigenvalue weighted by Crippen LogP contribution is 2.27. The van der Waals surface area contributed by atoms with E-state index in [1.54, 1.807) is 18.2 Å². The minimum Gasteiger partial charge on any atom is -0.495 e. The summed E-state index contributed by atoms with van der Waals surface area (Å²) in [6.45, 7) is 0. The molecule has 0 unspecified atom stereocenters. The highest BCUT2D eigenvalue weighted by Gasteiger charge is 2.04. The number of methoxy groups -OCH3 is 1. The first-order chi connectivity index (χ1) is 8.19. The summed E-state index contributed by atoms with van der Waals surface area (Å²) in [6, 6.07) is 10.4. The molecule has 2 aromatic carbocycles. The van der Waals surface area contributed by atoms with E-state index < -0.39 is 11.6 Å². The number of rotatable bonds is 3. The molecule has 0 radical (unpaired) electrons. The summed E-state index contributed by atoms with van der Waals surface area (Å²) in [5.74, 6) is -0.637. The van der Waals surface area contributed by atoms with Gasteiger partial charge in [-0.25, -0.2) is 8.78 Å². The lowest BCUT2D eigenvalue weighted by atomic mass is 10.2. The Hall–Kier alpha value is -2.10. The molecule has 4 heteroatoms. The van der Waals surface area contributed by atoms with E-state index in [0.29, 0.717) is 17.1 Å². The van der Waals surface area contributed by atoms with E-state index in [0.717, 1.165) is 6.07 Å². The number of nitrogens with one attached hydrogen (secondary N) is 1. The standard InChI is InChI=1S/C13H11F2NO/c1-17-13-5-3-2-4-12(13)16-11-7-9(14)6-10(15)8-11/h2-8,16H,1H3. The average Bonchev–Trinajstić information content (AvgIpc) is 2.28. The van der Waals surface area contributed by atoms with Crippen molar-refractivity contribution in [2.24, 2.45) is 0 Å². The van der Waals surface area contributed by atoms with Crippen LogP contribution in [0.1, 0.15) is 0 Å². The Kier molecular flexibility index (Phi) is 3.23. The van der Waals surface area contributed by atoms with E-state index in [4.69, 9.17) is 4.74 Å². The quantitative estimate of drug-likeness (QED) is 0.875. The van der Waals surface area contributed by atoms with Gasteiger partial charge in [-0.3, -0.25) is 0 Å². The molecule has 0 aliphatic carbocycles. The Bertz CT molecular complexity index is 508. The van der Waals surface area contributed by atoms with Gasteiger partial charge in [0.1, 0.15) is 17.4 Å². The minimum atomic E-state index is -0.623. The van der Waals surface area contributed by atoms with Crippen LogP contribution in [0.15, 0.2) is 42.5 Å². The van der Waals surface area contributed by atoms with Crippen LogP contribution in [0.25, 0.3) is 0 Å². The fraction of sp³-hybridized carbons (Fsp3) is 0.0769. The normalized spacial score (nSPS) is 10.1. The Morgan fingerprint density at radius 3 is 2.29 bits per heavy atom. The molecule has 0 saturated heterocycles. The van der Waals surface area contributed by atoms with Gasteiger partial charge in [-0.1, -0.05) is 12.1 Å². The van der Waals surface area contributed by atoms with Crippen LogP contribution >= 0.6 is 0 Å². The van der Waals surface area contributed by atoms with Gasteiger partial charge in [0.25, 0.3) is 0 Å². The van der Waals surface area contributed by atoms with E-state index in [2.05, 4.69) is 5.32 Å². The highest BCUT2D eigenvalue weighted by molar-refractivity contribution is 5.66. The average molecular weight is 235 g/mol. The molecular formula is C13H11F2NO. The summed E-state index contributed by atoms with van der Waals surface area (Å²) in [5, 5.41) is 2.90. The van der Waals surface area contributed by atoms with Gasteiger partial charge >= 0.3 is 0 Å². The first-order valence-corrected chi connectivity index (χ1v) is 5.05. The Labute approximate surface area is 97.8 Å². The largest absolute Gasteiger partial charge is 0.495 e. The number of halogens is 2. The smallest absolute Gasteiger partial charge is 0.142 e. The van der Waals surface area contributed by atoms with Crippen LogP contribution < -0.4 is 10.1 Å². The van der Waals surface area contributed by atoms with Crippen molar-refractivity contribution in [1.29, 1.82) is 0 Å². The molecule has 0 atom stereocenters. The van der Waals surface area contributed by atoms with Crippen molar-refractivity contribution in [3.05, 3.63) is 54.1 Å². The van der Waals surface area contributed by atoms with Crippen molar-refractivity contribution in [2.75, 3.05) is 12.4 Å². The van der Waals surface area contributed by atoms with E-state index >= 15 is 0 Å². The second-order valence-electron chi connectivity index (χ2n) is 3.48. The molecule has 17 heavy (non-hydrogen) atoms. The predicted octanol–water partition coefficient (Wildman–Crippen LogP) is 3.72. The molecule has 0 bridgehead atoms. The van der Waals surface area contributed by atoms with Crippen LogP contribution in [-0.4, -0.2) is 7.11 Å². The van der Waals surface area contributed by atoms with E-state index in [9.17, 15) is 8.78 Å². The number of hydrogen-bond donors (Lipinski definition) is 1. The Balaban J connectivity index is 2.31. The van der Waals surface area contributed by atoms with Gasteiger partial charge in [0, 0.05) is 11.8 Å². The molecular weight excluding hydrogens is 224 g/mol. The second kappa shape index (κ2) is 4.82. The lowest BCUT2D eigenvalue weighted by molar-refractivity contribution is 0.417. The maximum atomic E-state index is 13.0. The summed E-state index contributed by atoms with van der Waals surface area (Å²) >= 11 is 0. The summed E-state index contributed by atoms with van der Waals surface area (Å²) < 4.78 is 31.1. The third kappa shape index (κ3) is 2.72. The fourth-order valence-electron chi connectivity index (χ4n) is 1.53. The molecule has 0 fully saturated rings. The van der Waals surface area contributed by atoms with Crippen LogP contribution in [0.5, 0.6) is 5.75 Å². The van der Waals surface area contributed by atoms with Crippen molar-refractivity contribution in [3.8, 4) is 5.75 Å². The van der Waals surface area contributed by atoms with Gasteiger partial charge in [-0.15, -0.1) is 0 Å². The highest BCUT2D eigenvalue weighted by atomic mass is 19.1. The van der Waals surface area contributed by atoms with E-state index in [1.807, 2.05) is 6.07 Å². The zero-order valence-electron chi connectivity index (χ0n) is 9.21. The van der Waals surface area contributed by atoms with Gasteiger partial charge in [-0.05, 0) is 24.3 Å². The van der Waals surface area contributed by atoms with Crippen LogP contribution in [0, 0.1) is 11.6 Å².